The van der Waals surface area contributed by atoms with Gasteiger partial charge in [-0.15, -0.1) is 0 Å². The van der Waals surface area contributed by atoms with Gasteiger partial charge in [0.25, 0.3) is 0 Å². The molecule has 0 unspecified atom stereocenters. The number of halogens is 2. The van der Waals surface area contributed by atoms with Crippen LogP contribution < -0.4 is 5.32 Å². The van der Waals surface area contributed by atoms with Crippen molar-refractivity contribution in [1.82, 2.24) is 5.32 Å². The topological polar surface area (TPSA) is 12.0 Å². The standard InChI is InChI=1S/C10H11Cl2N/c1-10(5-13-6-10)7-3-2-4-8(11)9(7)12/h2-4,13H,5-6H2,1H3. The fourth-order valence-corrected chi connectivity index (χ4v) is 2.19. The van der Waals surface area contributed by atoms with Crippen LogP contribution in [0.2, 0.25) is 10.0 Å². The molecule has 0 atom stereocenters. The Hall–Kier alpha value is -0.240. The normalized spacial score (nSPS) is 19.6. The summed E-state index contributed by atoms with van der Waals surface area (Å²) in [5.41, 5.74) is 1.32. The largest absolute Gasteiger partial charge is 0.315 e. The highest BCUT2D eigenvalue weighted by Gasteiger charge is 2.35. The maximum atomic E-state index is 6.13. The Balaban J connectivity index is 2.45. The Labute approximate surface area is 88.0 Å². The van der Waals surface area contributed by atoms with Crippen LogP contribution in [-0.4, -0.2) is 13.1 Å². The molecule has 2 rings (SSSR count). The van der Waals surface area contributed by atoms with E-state index >= 15 is 0 Å². The summed E-state index contributed by atoms with van der Waals surface area (Å²) in [6.45, 7) is 4.15. The zero-order valence-electron chi connectivity index (χ0n) is 7.40. The summed E-state index contributed by atoms with van der Waals surface area (Å²) in [6, 6.07) is 5.82. The second-order valence-electron chi connectivity index (χ2n) is 3.77. The Morgan fingerprint density at radius 2 is 2.00 bits per heavy atom. The fourth-order valence-electron chi connectivity index (χ4n) is 1.66. The van der Waals surface area contributed by atoms with Crippen molar-refractivity contribution in [2.45, 2.75) is 12.3 Å². The molecule has 1 N–H and O–H groups in total. The molecule has 1 saturated heterocycles. The maximum Gasteiger partial charge on any atom is 0.0630 e. The van der Waals surface area contributed by atoms with Crippen LogP contribution in [-0.2, 0) is 5.41 Å². The second kappa shape index (κ2) is 3.16. The predicted octanol–water partition coefficient (Wildman–Crippen LogP) is 2.85. The minimum atomic E-state index is 0.169. The van der Waals surface area contributed by atoms with E-state index in [1.54, 1.807) is 0 Å². The van der Waals surface area contributed by atoms with E-state index in [1.165, 1.54) is 0 Å². The molecule has 1 aromatic rings. The zero-order valence-corrected chi connectivity index (χ0v) is 8.91. The summed E-state index contributed by atoms with van der Waals surface area (Å²) in [5, 5.41) is 4.59. The van der Waals surface area contributed by atoms with Gasteiger partial charge < -0.3 is 5.32 Å². The number of hydrogen-bond acceptors (Lipinski definition) is 1. The Kier molecular flexibility index (Phi) is 2.26. The van der Waals surface area contributed by atoms with Gasteiger partial charge in [0.05, 0.1) is 10.0 Å². The third kappa shape index (κ3) is 1.45. The summed E-state index contributed by atoms with van der Waals surface area (Å²) in [4.78, 5) is 0. The van der Waals surface area contributed by atoms with Gasteiger partial charge in [-0.3, -0.25) is 0 Å². The van der Waals surface area contributed by atoms with Crippen molar-refractivity contribution < 1.29 is 0 Å². The van der Waals surface area contributed by atoms with Gasteiger partial charge in [0.15, 0.2) is 0 Å². The maximum absolute atomic E-state index is 6.13. The minimum Gasteiger partial charge on any atom is -0.315 e. The van der Waals surface area contributed by atoms with Gasteiger partial charge in [0.1, 0.15) is 0 Å². The van der Waals surface area contributed by atoms with Gasteiger partial charge in [0, 0.05) is 18.5 Å². The lowest BCUT2D eigenvalue weighted by Gasteiger charge is -2.40. The van der Waals surface area contributed by atoms with Gasteiger partial charge in [-0.05, 0) is 11.6 Å². The van der Waals surface area contributed by atoms with Gasteiger partial charge in [-0.1, -0.05) is 42.3 Å². The van der Waals surface area contributed by atoms with Crippen LogP contribution in [0, 0.1) is 0 Å². The van der Waals surface area contributed by atoms with Crippen LogP contribution in [0.4, 0.5) is 0 Å². The van der Waals surface area contributed by atoms with E-state index < -0.39 is 0 Å². The lowest BCUT2D eigenvalue weighted by molar-refractivity contribution is 0.306. The van der Waals surface area contributed by atoms with E-state index in [0.717, 1.165) is 18.7 Å². The average molecular weight is 216 g/mol. The van der Waals surface area contributed by atoms with Crippen LogP contribution in [0.3, 0.4) is 0 Å². The predicted molar refractivity (Wildman–Crippen MR) is 56.7 cm³/mol. The van der Waals surface area contributed by atoms with Crippen molar-refractivity contribution >= 4 is 23.2 Å². The van der Waals surface area contributed by atoms with E-state index in [4.69, 9.17) is 23.2 Å². The van der Waals surface area contributed by atoms with Crippen molar-refractivity contribution in [3.8, 4) is 0 Å². The number of hydrogen-bond donors (Lipinski definition) is 1. The monoisotopic (exact) mass is 215 g/mol. The van der Waals surface area contributed by atoms with Gasteiger partial charge in [0.2, 0.25) is 0 Å². The summed E-state index contributed by atoms with van der Waals surface area (Å²) >= 11 is 12.1. The van der Waals surface area contributed by atoms with E-state index in [2.05, 4.69) is 18.3 Å². The molecule has 0 bridgehead atoms. The Morgan fingerprint density at radius 1 is 1.31 bits per heavy atom. The molecule has 1 fully saturated rings. The summed E-state index contributed by atoms with van der Waals surface area (Å²) in [5.74, 6) is 0. The number of nitrogens with one attached hydrogen (secondary N) is 1. The molecule has 3 heteroatoms. The van der Waals surface area contributed by atoms with E-state index in [0.29, 0.717) is 10.0 Å². The highest BCUT2D eigenvalue weighted by atomic mass is 35.5. The van der Waals surface area contributed by atoms with Crippen LogP contribution in [0.1, 0.15) is 12.5 Å². The lowest BCUT2D eigenvalue weighted by atomic mass is 9.77. The van der Waals surface area contributed by atoms with Crippen molar-refractivity contribution in [2.24, 2.45) is 0 Å². The smallest absolute Gasteiger partial charge is 0.0630 e. The number of benzene rings is 1. The molecular formula is C10H11Cl2N. The first-order chi connectivity index (χ1) is 6.13. The molecule has 0 amide bonds. The Bertz CT molecular complexity index is 332. The Morgan fingerprint density at radius 3 is 2.54 bits per heavy atom. The van der Waals surface area contributed by atoms with Crippen molar-refractivity contribution in [2.75, 3.05) is 13.1 Å². The van der Waals surface area contributed by atoms with E-state index in [9.17, 15) is 0 Å². The van der Waals surface area contributed by atoms with Crippen molar-refractivity contribution in [3.05, 3.63) is 33.8 Å². The summed E-state index contributed by atoms with van der Waals surface area (Å²) in [7, 11) is 0. The number of rotatable bonds is 1. The van der Waals surface area contributed by atoms with Crippen LogP contribution in [0.15, 0.2) is 18.2 Å². The molecule has 0 saturated carbocycles. The summed E-state index contributed by atoms with van der Waals surface area (Å²) < 4.78 is 0. The quantitative estimate of drug-likeness (QED) is 0.761. The third-order valence-electron chi connectivity index (χ3n) is 2.63. The molecule has 1 aromatic carbocycles. The molecule has 1 aliphatic heterocycles. The zero-order chi connectivity index (χ0) is 9.47. The molecule has 0 radical (unpaired) electrons. The molecule has 0 aliphatic carbocycles. The lowest BCUT2D eigenvalue weighted by Crippen LogP contribution is -2.54. The van der Waals surface area contributed by atoms with E-state index in [1.807, 2.05) is 12.1 Å². The van der Waals surface area contributed by atoms with E-state index in [-0.39, 0.29) is 5.41 Å². The highest BCUT2D eigenvalue weighted by molar-refractivity contribution is 6.42. The van der Waals surface area contributed by atoms with Crippen molar-refractivity contribution in [1.29, 1.82) is 0 Å². The van der Waals surface area contributed by atoms with Gasteiger partial charge in [-0.2, -0.15) is 0 Å². The molecule has 0 spiro atoms. The molecule has 1 nitrogen and oxygen atoms in total. The first-order valence-electron chi connectivity index (χ1n) is 4.29. The van der Waals surface area contributed by atoms with Crippen LogP contribution in [0.25, 0.3) is 0 Å². The molecule has 0 aromatic heterocycles. The van der Waals surface area contributed by atoms with Gasteiger partial charge in [-0.25, -0.2) is 0 Å². The average Bonchev–Trinajstić information content (AvgIpc) is 2.06. The van der Waals surface area contributed by atoms with Crippen LogP contribution in [0.5, 0.6) is 0 Å². The SMILES string of the molecule is CC1(c2cccc(Cl)c2Cl)CNC1. The first kappa shape index (κ1) is 9.32. The first-order valence-corrected chi connectivity index (χ1v) is 5.04. The fraction of sp³-hybridized carbons (Fsp3) is 0.400. The minimum absolute atomic E-state index is 0.169. The third-order valence-corrected chi connectivity index (χ3v) is 3.45. The second-order valence-corrected chi connectivity index (χ2v) is 4.55. The van der Waals surface area contributed by atoms with Crippen molar-refractivity contribution in [3.63, 3.8) is 0 Å². The summed E-state index contributed by atoms with van der Waals surface area (Å²) in [6.07, 6.45) is 0. The molecule has 13 heavy (non-hydrogen) atoms. The van der Waals surface area contributed by atoms with Crippen LogP contribution >= 0.6 is 23.2 Å². The molecule has 1 aliphatic rings. The molecule has 1 heterocycles. The molecule has 70 valence electrons. The van der Waals surface area contributed by atoms with Gasteiger partial charge >= 0.3 is 0 Å². The molecular weight excluding hydrogens is 205 g/mol. The highest BCUT2D eigenvalue weighted by Crippen LogP contribution is 2.36.